The summed E-state index contributed by atoms with van der Waals surface area (Å²) in [6, 6.07) is -0.685. The van der Waals surface area contributed by atoms with Crippen LogP contribution in [0.5, 0.6) is 0 Å². The highest BCUT2D eigenvalue weighted by Crippen LogP contribution is 2.21. The summed E-state index contributed by atoms with van der Waals surface area (Å²) in [6.45, 7) is 3.84. The molecule has 0 aromatic carbocycles. The summed E-state index contributed by atoms with van der Waals surface area (Å²) in [4.78, 5) is 0. The second kappa shape index (κ2) is 6.30. The molecule has 84 valence electrons. The lowest BCUT2D eigenvalue weighted by molar-refractivity contribution is -0.00524. The summed E-state index contributed by atoms with van der Waals surface area (Å²) >= 11 is 0. The van der Waals surface area contributed by atoms with Crippen molar-refractivity contribution in [3.63, 3.8) is 0 Å². The van der Waals surface area contributed by atoms with Gasteiger partial charge < -0.3 is 10.1 Å². The lowest BCUT2D eigenvalue weighted by atomic mass is 9.94. The van der Waals surface area contributed by atoms with E-state index in [-0.39, 0.29) is 5.92 Å². The lowest BCUT2D eigenvalue weighted by Crippen LogP contribution is -2.45. The van der Waals surface area contributed by atoms with Crippen LogP contribution in [0.15, 0.2) is 0 Å². The Labute approximate surface area is 84.0 Å². The van der Waals surface area contributed by atoms with Gasteiger partial charge in [-0.15, -0.1) is 0 Å². The van der Waals surface area contributed by atoms with E-state index in [0.29, 0.717) is 13.2 Å². The minimum Gasteiger partial charge on any atom is -0.381 e. The summed E-state index contributed by atoms with van der Waals surface area (Å²) in [6.07, 6.45) is 0.359. The predicted molar refractivity (Wildman–Crippen MR) is 51.6 cm³/mol. The van der Waals surface area contributed by atoms with Crippen molar-refractivity contribution in [1.29, 1.82) is 0 Å². The zero-order valence-corrected chi connectivity index (χ0v) is 8.64. The fraction of sp³-hybridized carbons (Fsp3) is 1.00. The van der Waals surface area contributed by atoms with Gasteiger partial charge in [-0.1, -0.05) is 6.92 Å². The van der Waals surface area contributed by atoms with E-state index in [1.807, 2.05) is 6.92 Å². The van der Waals surface area contributed by atoms with E-state index >= 15 is 0 Å². The van der Waals surface area contributed by atoms with Gasteiger partial charge in [0.05, 0.1) is 12.6 Å². The van der Waals surface area contributed by atoms with E-state index in [2.05, 4.69) is 5.32 Å². The van der Waals surface area contributed by atoms with Crippen LogP contribution in [-0.2, 0) is 4.74 Å². The predicted octanol–water partition coefficient (Wildman–Crippen LogP) is 2.05. The van der Waals surface area contributed by atoms with Crippen LogP contribution in [0.2, 0.25) is 0 Å². The number of nitrogens with one attached hydrogen (secondary N) is 1. The number of ether oxygens (including phenoxy) is 1. The van der Waals surface area contributed by atoms with Gasteiger partial charge in [-0.05, 0) is 25.8 Å². The largest absolute Gasteiger partial charge is 0.381 e. The van der Waals surface area contributed by atoms with Crippen molar-refractivity contribution in [2.24, 2.45) is 5.92 Å². The fourth-order valence-corrected chi connectivity index (χ4v) is 1.82. The average molecular weight is 207 g/mol. The first-order chi connectivity index (χ1) is 6.75. The zero-order valence-electron chi connectivity index (χ0n) is 8.64. The molecule has 4 heteroatoms. The van der Waals surface area contributed by atoms with Crippen molar-refractivity contribution in [3.8, 4) is 0 Å². The van der Waals surface area contributed by atoms with Gasteiger partial charge in [0.1, 0.15) is 0 Å². The lowest BCUT2D eigenvalue weighted by Gasteiger charge is -2.30. The third-order valence-corrected chi connectivity index (χ3v) is 2.60. The minimum absolute atomic E-state index is 0.0182. The Morgan fingerprint density at radius 3 is 2.79 bits per heavy atom. The first kappa shape index (κ1) is 11.9. The van der Waals surface area contributed by atoms with Crippen LogP contribution in [0, 0.1) is 5.92 Å². The molecular weight excluding hydrogens is 188 g/mol. The second-order valence-electron chi connectivity index (χ2n) is 3.79. The summed E-state index contributed by atoms with van der Waals surface area (Å²) in [5, 5.41) is 2.91. The van der Waals surface area contributed by atoms with E-state index < -0.39 is 12.5 Å². The molecule has 1 heterocycles. The van der Waals surface area contributed by atoms with Crippen LogP contribution in [0.3, 0.4) is 0 Å². The van der Waals surface area contributed by atoms with Gasteiger partial charge in [0.15, 0.2) is 0 Å². The van der Waals surface area contributed by atoms with Crippen LogP contribution in [0.4, 0.5) is 8.78 Å². The van der Waals surface area contributed by atoms with Gasteiger partial charge in [0.25, 0.3) is 6.43 Å². The zero-order chi connectivity index (χ0) is 10.4. The Hall–Kier alpha value is -0.220. The molecule has 1 N–H and O–H groups in total. The Kier molecular flexibility index (Phi) is 5.33. The topological polar surface area (TPSA) is 21.3 Å². The maximum Gasteiger partial charge on any atom is 0.254 e. The van der Waals surface area contributed by atoms with Crippen molar-refractivity contribution in [2.45, 2.75) is 38.7 Å². The van der Waals surface area contributed by atoms with Crippen molar-refractivity contribution < 1.29 is 13.5 Å². The maximum absolute atomic E-state index is 12.7. The summed E-state index contributed by atoms with van der Waals surface area (Å²) in [5.41, 5.74) is 0. The van der Waals surface area contributed by atoms with E-state index in [0.717, 1.165) is 25.9 Å². The first-order valence-corrected chi connectivity index (χ1v) is 5.35. The Balaban J connectivity index is 2.39. The fourth-order valence-electron chi connectivity index (χ4n) is 1.82. The molecule has 1 aliphatic rings. The molecule has 2 unspecified atom stereocenters. The summed E-state index contributed by atoms with van der Waals surface area (Å²) < 4.78 is 30.6. The van der Waals surface area contributed by atoms with Gasteiger partial charge in [-0.25, -0.2) is 8.78 Å². The molecule has 0 bridgehead atoms. The molecule has 0 saturated carbocycles. The molecule has 0 aromatic heterocycles. The number of hydrogen-bond acceptors (Lipinski definition) is 2. The monoisotopic (exact) mass is 207 g/mol. The minimum atomic E-state index is -2.28. The van der Waals surface area contributed by atoms with Crippen molar-refractivity contribution in [1.82, 2.24) is 5.32 Å². The molecule has 2 nitrogen and oxygen atoms in total. The average Bonchev–Trinajstić information content (AvgIpc) is 2.19. The van der Waals surface area contributed by atoms with Crippen molar-refractivity contribution in [3.05, 3.63) is 0 Å². The molecule has 1 saturated heterocycles. The van der Waals surface area contributed by atoms with Gasteiger partial charge in [0, 0.05) is 12.5 Å². The van der Waals surface area contributed by atoms with Gasteiger partial charge in [-0.3, -0.25) is 0 Å². The molecular formula is C10H19F2NO. The highest BCUT2D eigenvalue weighted by Gasteiger charge is 2.30. The number of halogens is 2. The molecule has 0 spiro atoms. The molecule has 0 aliphatic carbocycles. The Morgan fingerprint density at radius 2 is 2.29 bits per heavy atom. The van der Waals surface area contributed by atoms with Crippen LogP contribution in [-0.4, -0.2) is 32.2 Å². The number of hydrogen-bond donors (Lipinski definition) is 1. The highest BCUT2D eigenvalue weighted by atomic mass is 19.3. The molecule has 1 rings (SSSR count). The quantitative estimate of drug-likeness (QED) is 0.745. The standard InChI is InChI=1S/C10H19F2NO/c1-2-5-13-9(10(11)12)8-4-3-6-14-7-8/h8-10,13H,2-7H2,1H3. The third-order valence-electron chi connectivity index (χ3n) is 2.60. The Bertz CT molecular complexity index is 149. The van der Waals surface area contributed by atoms with Crippen molar-refractivity contribution >= 4 is 0 Å². The molecule has 0 amide bonds. The number of alkyl halides is 2. The second-order valence-corrected chi connectivity index (χ2v) is 3.79. The highest BCUT2D eigenvalue weighted by molar-refractivity contribution is 4.80. The van der Waals surface area contributed by atoms with Gasteiger partial charge >= 0.3 is 0 Å². The van der Waals surface area contributed by atoms with E-state index in [4.69, 9.17) is 4.74 Å². The van der Waals surface area contributed by atoms with Crippen LogP contribution < -0.4 is 5.32 Å². The SMILES string of the molecule is CCCNC(C(F)F)C1CCCOC1. The molecule has 2 atom stereocenters. The molecule has 0 aromatic rings. The summed E-state index contributed by atoms with van der Waals surface area (Å²) in [5.74, 6) is -0.0182. The third kappa shape index (κ3) is 3.50. The molecule has 14 heavy (non-hydrogen) atoms. The van der Waals surface area contributed by atoms with Crippen LogP contribution in [0.25, 0.3) is 0 Å². The van der Waals surface area contributed by atoms with E-state index in [1.54, 1.807) is 0 Å². The first-order valence-electron chi connectivity index (χ1n) is 5.35. The Morgan fingerprint density at radius 1 is 1.50 bits per heavy atom. The van der Waals surface area contributed by atoms with E-state index in [9.17, 15) is 8.78 Å². The number of rotatable bonds is 5. The van der Waals surface area contributed by atoms with Gasteiger partial charge in [-0.2, -0.15) is 0 Å². The van der Waals surface area contributed by atoms with Crippen LogP contribution in [0.1, 0.15) is 26.2 Å². The molecule has 1 aliphatic heterocycles. The molecule has 1 fully saturated rings. The maximum atomic E-state index is 12.7. The van der Waals surface area contributed by atoms with E-state index in [1.165, 1.54) is 0 Å². The normalized spacial score (nSPS) is 25.3. The van der Waals surface area contributed by atoms with Crippen molar-refractivity contribution in [2.75, 3.05) is 19.8 Å². The smallest absolute Gasteiger partial charge is 0.254 e. The summed E-state index contributed by atoms with van der Waals surface area (Å²) in [7, 11) is 0. The van der Waals surface area contributed by atoms with Gasteiger partial charge in [0.2, 0.25) is 0 Å². The van der Waals surface area contributed by atoms with Crippen LogP contribution >= 0.6 is 0 Å². The molecule has 0 radical (unpaired) electrons.